The second-order valence-electron chi connectivity index (χ2n) is 6.48. The largest absolute Gasteiger partial charge is 0.386 e. The van der Waals surface area contributed by atoms with Crippen molar-refractivity contribution in [3.8, 4) is 0 Å². The Hall–Kier alpha value is -2.42. The highest BCUT2D eigenvalue weighted by Gasteiger charge is 2.28. The predicted molar refractivity (Wildman–Crippen MR) is 94.8 cm³/mol. The van der Waals surface area contributed by atoms with Gasteiger partial charge in [0.2, 0.25) is 0 Å². The molecule has 0 heterocycles. The molecule has 4 aromatic rings. The molecular formula is C21H16O2. The highest BCUT2D eigenvalue weighted by Crippen LogP contribution is 2.43. The molecule has 2 heteroatoms. The topological polar surface area (TPSA) is 40.5 Å². The summed E-state index contributed by atoms with van der Waals surface area (Å²) in [4.78, 5) is 0. The van der Waals surface area contributed by atoms with Gasteiger partial charge in [-0.05, 0) is 68.1 Å². The molecule has 0 spiro atoms. The molecular weight excluding hydrogens is 284 g/mol. The van der Waals surface area contributed by atoms with Gasteiger partial charge in [-0.3, -0.25) is 0 Å². The first-order valence-corrected chi connectivity index (χ1v) is 7.90. The summed E-state index contributed by atoms with van der Waals surface area (Å²) in [6.45, 7) is 1.99. The van der Waals surface area contributed by atoms with Gasteiger partial charge in [0.15, 0.2) is 0 Å². The fourth-order valence-electron chi connectivity index (χ4n) is 4.08. The van der Waals surface area contributed by atoms with E-state index in [0.29, 0.717) is 0 Å². The van der Waals surface area contributed by atoms with E-state index in [9.17, 15) is 10.2 Å². The van der Waals surface area contributed by atoms with Gasteiger partial charge in [0.1, 0.15) is 12.2 Å². The second-order valence-corrected chi connectivity index (χ2v) is 6.48. The van der Waals surface area contributed by atoms with Crippen LogP contribution in [0.15, 0.2) is 54.6 Å². The molecule has 2 nitrogen and oxygen atoms in total. The highest BCUT2D eigenvalue weighted by atomic mass is 16.3. The maximum atomic E-state index is 10.6. The Morgan fingerprint density at radius 3 is 2.30 bits per heavy atom. The van der Waals surface area contributed by atoms with Crippen LogP contribution in [0, 0.1) is 0 Å². The molecule has 2 N–H and O–H groups in total. The van der Waals surface area contributed by atoms with Gasteiger partial charge in [-0.15, -0.1) is 0 Å². The third kappa shape index (κ3) is 1.60. The Morgan fingerprint density at radius 2 is 1.52 bits per heavy atom. The van der Waals surface area contributed by atoms with Crippen molar-refractivity contribution in [2.24, 2.45) is 0 Å². The molecule has 0 aromatic heterocycles. The predicted octanol–water partition coefficient (Wildman–Crippen LogP) is 4.40. The van der Waals surface area contributed by atoms with E-state index in [1.165, 1.54) is 26.9 Å². The number of allylic oxidation sites excluding steroid dienone is 1. The van der Waals surface area contributed by atoms with Crippen molar-refractivity contribution >= 4 is 37.9 Å². The summed E-state index contributed by atoms with van der Waals surface area (Å²) < 4.78 is 0. The lowest BCUT2D eigenvalue weighted by atomic mass is 9.81. The Morgan fingerprint density at radius 1 is 0.826 bits per heavy atom. The second kappa shape index (κ2) is 4.31. The maximum absolute atomic E-state index is 10.6. The van der Waals surface area contributed by atoms with E-state index >= 15 is 0 Å². The Balaban J connectivity index is 2.07. The summed E-state index contributed by atoms with van der Waals surface area (Å²) in [7, 11) is 0. The monoisotopic (exact) mass is 300 g/mol. The molecule has 4 aromatic carbocycles. The van der Waals surface area contributed by atoms with Crippen molar-refractivity contribution in [2.45, 2.75) is 19.1 Å². The molecule has 2 atom stereocenters. The number of fused-ring (bicyclic) bond motifs is 2. The van der Waals surface area contributed by atoms with Crippen molar-refractivity contribution in [1.82, 2.24) is 0 Å². The summed E-state index contributed by atoms with van der Waals surface area (Å²) in [6, 6.07) is 17.0. The molecule has 23 heavy (non-hydrogen) atoms. The van der Waals surface area contributed by atoms with Crippen molar-refractivity contribution in [1.29, 1.82) is 0 Å². The van der Waals surface area contributed by atoms with Crippen LogP contribution in [-0.2, 0) is 0 Å². The SMILES string of the molecule is CC1=CC(O)C(O)c2c1cc1ccc3cccc4ccc2c1c34. The smallest absolute Gasteiger partial charge is 0.110 e. The van der Waals surface area contributed by atoms with E-state index in [2.05, 4.69) is 48.5 Å². The lowest BCUT2D eigenvalue weighted by Crippen LogP contribution is -2.21. The van der Waals surface area contributed by atoms with Gasteiger partial charge in [0.05, 0.1) is 0 Å². The fourth-order valence-corrected chi connectivity index (χ4v) is 4.08. The summed E-state index contributed by atoms with van der Waals surface area (Å²) in [5.74, 6) is 0. The summed E-state index contributed by atoms with van der Waals surface area (Å²) in [5.41, 5.74) is 2.90. The standard InChI is InChI=1S/C21H16O2/c1-11-9-17(22)21(23)20-15-8-7-13-4-2-3-12-5-6-14(10-16(11)20)19(15)18(12)13/h2-10,17,21-23H,1H3. The molecule has 0 saturated carbocycles. The molecule has 5 rings (SSSR count). The minimum Gasteiger partial charge on any atom is -0.386 e. The number of rotatable bonds is 0. The lowest BCUT2D eigenvalue weighted by Gasteiger charge is -2.27. The zero-order valence-corrected chi connectivity index (χ0v) is 12.7. The molecule has 0 bridgehead atoms. The average molecular weight is 300 g/mol. The van der Waals surface area contributed by atoms with E-state index in [1.807, 2.05) is 6.92 Å². The summed E-state index contributed by atoms with van der Waals surface area (Å²) >= 11 is 0. The van der Waals surface area contributed by atoms with Gasteiger partial charge in [-0.2, -0.15) is 0 Å². The quantitative estimate of drug-likeness (QED) is 0.473. The van der Waals surface area contributed by atoms with Crippen LogP contribution in [0.4, 0.5) is 0 Å². The number of hydrogen-bond donors (Lipinski definition) is 2. The van der Waals surface area contributed by atoms with Crippen LogP contribution >= 0.6 is 0 Å². The van der Waals surface area contributed by atoms with Crippen molar-refractivity contribution < 1.29 is 10.2 Å². The molecule has 0 amide bonds. The zero-order chi connectivity index (χ0) is 15.7. The van der Waals surface area contributed by atoms with E-state index in [0.717, 1.165) is 22.1 Å². The van der Waals surface area contributed by atoms with Crippen LogP contribution in [0.1, 0.15) is 24.2 Å². The third-order valence-electron chi connectivity index (χ3n) is 5.15. The maximum Gasteiger partial charge on any atom is 0.110 e. The van der Waals surface area contributed by atoms with Gasteiger partial charge >= 0.3 is 0 Å². The Bertz CT molecular complexity index is 1090. The lowest BCUT2D eigenvalue weighted by molar-refractivity contribution is 0.0476. The van der Waals surface area contributed by atoms with Crippen LogP contribution in [0.5, 0.6) is 0 Å². The number of hydrogen-bond acceptors (Lipinski definition) is 2. The minimum absolute atomic E-state index is 0.846. The molecule has 0 aliphatic heterocycles. The van der Waals surface area contributed by atoms with Crippen molar-refractivity contribution in [3.05, 3.63) is 65.7 Å². The van der Waals surface area contributed by atoms with Gasteiger partial charge in [0, 0.05) is 0 Å². The summed E-state index contributed by atoms with van der Waals surface area (Å²) in [6.07, 6.45) is 0.0177. The van der Waals surface area contributed by atoms with E-state index in [-0.39, 0.29) is 0 Å². The Labute approximate surface area is 133 Å². The van der Waals surface area contributed by atoms with Crippen LogP contribution < -0.4 is 0 Å². The zero-order valence-electron chi connectivity index (χ0n) is 12.7. The van der Waals surface area contributed by atoms with Crippen molar-refractivity contribution in [2.75, 3.05) is 0 Å². The molecule has 112 valence electrons. The number of aliphatic hydroxyl groups is 2. The van der Waals surface area contributed by atoms with Gasteiger partial charge in [-0.1, -0.05) is 42.5 Å². The molecule has 1 aliphatic rings. The Kier molecular flexibility index (Phi) is 2.45. The number of aliphatic hydroxyl groups excluding tert-OH is 2. The van der Waals surface area contributed by atoms with E-state index in [1.54, 1.807) is 6.08 Å². The van der Waals surface area contributed by atoms with Crippen molar-refractivity contribution in [3.63, 3.8) is 0 Å². The molecule has 0 saturated heterocycles. The molecule has 0 fully saturated rings. The van der Waals surface area contributed by atoms with E-state index < -0.39 is 12.2 Å². The molecule has 1 aliphatic carbocycles. The third-order valence-corrected chi connectivity index (χ3v) is 5.15. The first-order valence-electron chi connectivity index (χ1n) is 7.90. The first-order chi connectivity index (χ1) is 11.1. The van der Waals surface area contributed by atoms with Crippen LogP contribution in [0.2, 0.25) is 0 Å². The van der Waals surface area contributed by atoms with Crippen LogP contribution in [-0.4, -0.2) is 16.3 Å². The normalized spacial score (nSPS) is 21.1. The van der Waals surface area contributed by atoms with Crippen LogP contribution in [0.25, 0.3) is 37.9 Å². The molecule has 0 radical (unpaired) electrons. The summed E-state index contributed by atoms with van der Waals surface area (Å²) in [5, 5.41) is 27.8. The van der Waals surface area contributed by atoms with Crippen LogP contribution in [0.3, 0.4) is 0 Å². The van der Waals surface area contributed by atoms with Gasteiger partial charge in [0.25, 0.3) is 0 Å². The average Bonchev–Trinajstić information content (AvgIpc) is 2.57. The van der Waals surface area contributed by atoms with Gasteiger partial charge in [-0.25, -0.2) is 0 Å². The first kappa shape index (κ1) is 13.1. The number of benzene rings is 4. The fraction of sp³-hybridized carbons (Fsp3) is 0.143. The van der Waals surface area contributed by atoms with E-state index in [4.69, 9.17) is 0 Å². The van der Waals surface area contributed by atoms with Gasteiger partial charge < -0.3 is 10.2 Å². The minimum atomic E-state index is -0.877. The molecule has 2 unspecified atom stereocenters. The highest BCUT2D eigenvalue weighted by molar-refractivity contribution is 6.24.